The second kappa shape index (κ2) is 8.09. The molecule has 1 saturated heterocycles. The smallest absolute Gasteiger partial charge is 0.341 e. The summed E-state index contributed by atoms with van der Waals surface area (Å²) in [6, 6.07) is 3.90. The van der Waals surface area contributed by atoms with Gasteiger partial charge in [0, 0.05) is 13.1 Å². The van der Waals surface area contributed by atoms with Gasteiger partial charge in [-0.05, 0) is 38.1 Å². The predicted octanol–water partition coefficient (Wildman–Crippen LogP) is 1.48. The summed E-state index contributed by atoms with van der Waals surface area (Å²) in [6.45, 7) is 3.96. The highest BCUT2D eigenvalue weighted by molar-refractivity contribution is 7.91. The molecule has 2 atom stereocenters. The van der Waals surface area contributed by atoms with E-state index in [1.165, 1.54) is 4.90 Å². The Bertz CT molecular complexity index is 755. The Morgan fingerprint density at radius 3 is 2.23 bits per heavy atom. The van der Waals surface area contributed by atoms with Crippen LogP contribution in [0.25, 0.3) is 0 Å². The van der Waals surface area contributed by atoms with Crippen LogP contribution in [-0.2, 0) is 24.1 Å². The number of halogens is 2. The minimum Gasteiger partial charge on any atom is -0.452 e. The van der Waals surface area contributed by atoms with Crippen molar-refractivity contribution in [2.75, 3.05) is 19.7 Å². The normalized spacial score (nSPS) is 20.9. The van der Waals surface area contributed by atoms with E-state index in [-0.39, 0.29) is 23.7 Å². The summed E-state index contributed by atoms with van der Waals surface area (Å²) in [7, 11) is -4.73. The fourth-order valence-corrected chi connectivity index (χ4v) is 3.29. The predicted molar refractivity (Wildman–Crippen MR) is 86.5 cm³/mol. The van der Waals surface area contributed by atoms with Gasteiger partial charge < -0.3 is 14.4 Å². The van der Waals surface area contributed by atoms with Crippen LogP contribution in [0.2, 0.25) is 0 Å². The zero-order valence-corrected chi connectivity index (χ0v) is 15.0. The first kappa shape index (κ1) is 20.2. The summed E-state index contributed by atoms with van der Waals surface area (Å²) in [5.41, 5.74) is -0.0465. The van der Waals surface area contributed by atoms with Crippen LogP contribution in [0.5, 0.6) is 0 Å². The van der Waals surface area contributed by atoms with Crippen LogP contribution in [0.3, 0.4) is 0 Å². The minimum absolute atomic E-state index is 0.0465. The van der Waals surface area contributed by atoms with Gasteiger partial charge in [-0.3, -0.25) is 4.79 Å². The number of sulfone groups is 1. The van der Waals surface area contributed by atoms with Crippen LogP contribution in [-0.4, -0.2) is 62.9 Å². The van der Waals surface area contributed by atoms with Crippen molar-refractivity contribution < 1.29 is 36.3 Å². The number of amides is 1. The Kier molecular flexibility index (Phi) is 6.30. The van der Waals surface area contributed by atoms with Crippen molar-refractivity contribution >= 4 is 21.7 Å². The molecule has 1 aromatic rings. The molecule has 0 aromatic heterocycles. The maximum Gasteiger partial charge on any atom is 0.341 e. The molecule has 144 valence electrons. The van der Waals surface area contributed by atoms with Gasteiger partial charge in [-0.25, -0.2) is 13.2 Å². The average Bonchev–Trinajstić information content (AvgIpc) is 2.58. The lowest BCUT2D eigenvalue weighted by Crippen LogP contribution is -2.49. The Hall–Kier alpha value is -2.07. The van der Waals surface area contributed by atoms with E-state index in [2.05, 4.69) is 0 Å². The number of hydrogen-bond donors (Lipinski definition) is 0. The summed E-state index contributed by atoms with van der Waals surface area (Å²) in [5, 5.41) is 0. The number of nitrogens with zero attached hydrogens (tertiary/aromatic N) is 1. The Labute approximate surface area is 149 Å². The van der Waals surface area contributed by atoms with Crippen molar-refractivity contribution in [3.05, 3.63) is 29.8 Å². The SMILES string of the molecule is C[C@@H]1CN(C(=O)COC(=O)c2ccc(S(=O)(=O)C(F)F)cc2)C[C@H](C)O1. The third-order valence-corrected chi connectivity index (χ3v) is 5.15. The van der Waals surface area contributed by atoms with E-state index < -0.39 is 33.1 Å². The first-order valence-electron chi connectivity index (χ1n) is 7.83. The highest BCUT2D eigenvalue weighted by Gasteiger charge is 2.28. The third-order valence-electron chi connectivity index (χ3n) is 3.75. The summed E-state index contributed by atoms with van der Waals surface area (Å²) >= 11 is 0. The average molecular weight is 391 g/mol. The summed E-state index contributed by atoms with van der Waals surface area (Å²) in [4.78, 5) is 25.0. The number of ether oxygens (including phenoxy) is 2. The van der Waals surface area contributed by atoms with E-state index in [0.717, 1.165) is 24.3 Å². The molecule has 1 fully saturated rings. The molecule has 10 heteroatoms. The Morgan fingerprint density at radius 1 is 1.19 bits per heavy atom. The van der Waals surface area contributed by atoms with Gasteiger partial charge in [-0.2, -0.15) is 8.78 Å². The van der Waals surface area contributed by atoms with Crippen LogP contribution in [0.15, 0.2) is 29.2 Å². The summed E-state index contributed by atoms with van der Waals surface area (Å²) in [5.74, 6) is -4.78. The van der Waals surface area contributed by atoms with Crippen LogP contribution < -0.4 is 0 Å². The molecular formula is C16H19F2NO6S. The largest absolute Gasteiger partial charge is 0.452 e. The molecule has 7 nitrogen and oxygen atoms in total. The standard InChI is InChI=1S/C16H19F2NO6S/c1-10-7-19(8-11(2)25-10)14(20)9-24-15(21)12-3-5-13(6-4-12)26(22,23)16(17)18/h3-6,10-11,16H,7-9H2,1-2H3/t10-,11+. The lowest BCUT2D eigenvalue weighted by atomic mass is 10.2. The first-order valence-corrected chi connectivity index (χ1v) is 9.38. The van der Waals surface area contributed by atoms with Gasteiger partial charge >= 0.3 is 11.7 Å². The number of hydrogen-bond acceptors (Lipinski definition) is 6. The van der Waals surface area contributed by atoms with E-state index in [1.807, 2.05) is 13.8 Å². The fourth-order valence-electron chi connectivity index (χ4n) is 2.57. The fraction of sp³-hybridized carbons (Fsp3) is 0.500. The van der Waals surface area contributed by atoms with Crippen molar-refractivity contribution in [3.63, 3.8) is 0 Å². The summed E-state index contributed by atoms with van der Waals surface area (Å²) in [6.07, 6.45) is -0.245. The van der Waals surface area contributed by atoms with Gasteiger partial charge in [0.1, 0.15) is 0 Å². The molecule has 0 bridgehead atoms. The molecule has 0 N–H and O–H groups in total. The highest BCUT2D eigenvalue weighted by Crippen LogP contribution is 2.19. The van der Waals surface area contributed by atoms with Gasteiger partial charge in [-0.15, -0.1) is 0 Å². The van der Waals surface area contributed by atoms with E-state index >= 15 is 0 Å². The van der Waals surface area contributed by atoms with Crippen molar-refractivity contribution in [2.45, 2.75) is 36.7 Å². The molecular weight excluding hydrogens is 372 g/mol. The second-order valence-corrected chi connectivity index (χ2v) is 7.88. The first-order chi connectivity index (χ1) is 12.1. The van der Waals surface area contributed by atoms with Crippen LogP contribution in [0, 0.1) is 0 Å². The lowest BCUT2D eigenvalue weighted by Gasteiger charge is -2.35. The number of carbonyl (C=O) groups is 2. The number of benzene rings is 1. The van der Waals surface area contributed by atoms with Crippen LogP contribution in [0.4, 0.5) is 8.78 Å². The topological polar surface area (TPSA) is 90.0 Å². The Morgan fingerprint density at radius 2 is 1.73 bits per heavy atom. The number of rotatable bonds is 5. The third kappa shape index (κ3) is 4.76. The molecule has 1 amide bonds. The number of alkyl halides is 2. The van der Waals surface area contributed by atoms with Gasteiger partial charge in [0.15, 0.2) is 6.61 Å². The molecule has 0 saturated carbocycles. The minimum atomic E-state index is -4.73. The monoisotopic (exact) mass is 391 g/mol. The van der Waals surface area contributed by atoms with Gasteiger partial charge in [0.25, 0.3) is 5.91 Å². The maximum absolute atomic E-state index is 12.5. The zero-order valence-electron chi connectivity index (χ0n) is 14.2. The van der Waals surface area contributed by atoms with Gasteiger partial charge in [0.2, 0.25) is 9.84 Å². The number of esters is 1. The molecule has 2 rings (SSSR count). The highest BCUT2D eigenvalue weighted by atomic mass is 32.2. The van der Waals surface area contributed by atoms with Crippen LogP contribution >= 0.6 is 0 Å². The van der Waals surface area contributed by atoms with E-state index in [1.54, 1.807) is 0 Å². The molecule has 0 radical (unpaired) electrons. The molecule has 0 spiro atoms. The van der Waals surface area contributed by atoms with E-state index in [0.29, 0.717) is 13.1 Å². The van der Waals surface area contributed by atoms with Gasteiger partial charge in [0.05, 0.1) is 22.7 Å². The van der Waals surface area contributed by atoms with Crippen molar-refractivity contribution in [3.8, 4) is 0 Å². The summed E-state index contributed by atoms with van der Waals surface area (Å²) < 4.78 is 58.0. The maximum atomic E-state index is 12.5. The molecule has 1 aliphatic heterocycles. The quantitative estimate of drug-likeness (QED) is 0.707. The zero-order chi connectivity index (χ0) is 19.5. The van der Waals surface area contributed by atoms with Crippen molar-refractivity contribution in [2.24, 2.45) is 0 Å². The molecule has 1 aliphatic rings. The van der Waals surface area contributed by atoms with Gasteiger partial charge in [-0.1, -0.05) is 0 Å². The molecule has 1 heterocycles. The van der Waals surface area contributed by atoms with Crippen LogP contribution in [0.1, 0.15) is 24.2 Å². The molecule has 26 heavy (non-hydrogen) atoms. The second-order valence-electron chi connectivity index (χ2n) is 5.96. The van der Waals surface area contributed by atoms with E-state index in [4.69, 9.17) is 9.47 Å². The van der Waals surface area contributed by atoms with E-state index in [9.17, 15) is 26.8 Å². The molecule has 0 unspecified atom stereocenters. The lowest BCUT2D eigenvalue weighted by molar-refractivity contribution is -0.146. The molecule has 1 aromatic carbocycles. The van der Waals surface area contributed by atoms with Crippen molar-refractivity contribution in [1.29, 1.82) is 0 Å². The van der Waals surface area contributed by atoms with Crippen molar-refractivity contribution in [1.82, 2.24) is 4.90 Å². The Balaban J connectivity index is 1.95. The molecule has 0 aliphatic carbocycles. The number of carbonyl (C=O) groups excluding carboxylic acids is 2. The number of morpholine rings is 1.